The lowest BCUT2D eigenvalue weighted by molar-refractivity contribution is -0.122. The topological polar surface area (TPSA) is 144 Å². The number of carbonyl (C=O) groups excluding carboxylic acids is 4. The molecule has 1 unspecified atom stereocenters. The number of nitrogens with one attached hydrogen (secondary N) is 2. The lowest BCUT2D eigenvalue weighted by atomic mass is 10.2. The van der Waals surface area contributed by atoms with E-state index in [2.05, 4.69) is 146 Å². The fourth-order valence-corrected chi connectivity index (χ4v) is 7.34. The number of nitrogens with two attached hydrogens (primary N) is 2. The highest BCUT2D eigenvalue weighted by molar-refractivity contribution is 8.77. The zero-order chi connectivity index (χ0) is 44.0. The maximum atomic E-state index is 12.4. The maximum Gasteiger partial charge on any atom is 0.233 e. The number of hydrogen-bond donors (Lipinski definition) is 4. The fraction of sp³-hybridized carbons (Fsp3) is 0.440. The second-order valence-corrected chi connectivity index (χ2v) is 16.2. The molecule has 0 aromatic rings. The standard InChI is InChI=1S/C50H74N4O4S2/c1-3-5-7-9-11-13-15-17-19-21-23-25-27-29-31-33-35-37-39-41-47(55)53-43-45(49(51)57)59-60-46(50(52)58)44-54-48(56)42-40-38-36-34-32-30-28-26-24-22-20-18-16-14-12-10-8-6-4-2/h5-8,11-14,17-20,23-26,29-32,35-38,45-46H,3-4,9-10,15-16,21-22,27-28,33-34,39-44H2,1-2H3,(H2,51,57)(H2,52,58)(H,53,55)(H,54,56)/b7-5-,8-6-,13-11-,14-12-,19-17-,20-18-,25-23-,26-24-,31-29-,32-30-,37-35-,38-36-/t45-,46?/m1/s1. The Labute approximate surface area is 370 Å². The molecule has 6 N–H and O–H groups in total. The molecule has 0 aliphatic carbocycles. The Hall–Kier alpha value is -4.54. The van der Waals surface area contributed by atoms with E-state index in [1.54, 1.807) is 0 Å². The van der Waals surface area contributed by atoms with Crippen molar-refractivity contribution < 1.29 is 19.2 Å². The minimum atomic E-state index is -0.768. The molecule has 0 aliphatic heterocycles. The minimum Gasteiger partial charge on any atom is -0.369 e. The molecular weight excluding hydrogens is 785 g/mol. The van der Waals surface area contributed by atoms with Crippen LogP contribution in [0.25, 0.3) is 0 Å². The molecule has 0 heterocycles. The molecule has 2 atom stereocenters. The second-order valence-electron chi connectivity index (χ2n) is 13.5. The van der Waals surface area contributed by atoms with Gasteiger partial charge in [-0.05, 0) is 89.9 Å². The Kier molecular flexibility index (Phi) is 40.7. The van der Waals surface area contributed by atoms with Gasteiger partial charge in [0.15, 0.2) is 0 Å². The molecule has 0 rings (SSSR count). The summed E-state index contributed by atoms with van der Waals surface area (Å²) in [6, 6.07) is 0. The highest BCUT2D eigenvalue weighted by Gasteiger charge is 2.23. The average molecular weight is 859 g/mol. The number of rotatable bonds is 37. The molecule has 0 radical (unpaired) electrons. The van der Waals surface area contributed by atoms with Gasteiger partial charge >= 0.3 is 0 Å². The molecule has 0 saturated carbocycles. The summed E-state index contributed by atoms with van der Waals surface area (Å²) < 4.78 is 0. The summed E-state index contributed by atoms with van der Waals surface area (Å²) in [6.07, 6.45) is 64.2. The van der Waals surface area contributed by atoms with Gasteiger partial charge in [0, 0.05) is 25.9 Å². The van der Waals surface area contributed by atoms with Crippen LogP contribution < -0.4 is 22.1 Å². The first kappa shape index (κ1) is 55.5. The van der Waals surface area contributed by atoms with Crippen molar-refractivity contribution in [3.63, 3.8) is 0 Å². The van der Waals surface area contributed by atoms with E-state index in [0.717, 1.165) is 98.6 Å². The number of allylic oxidation sites excluding steroid dienone is 24. The summed E-state index contributed by atoms with van der Waals surface area (Å²) in [5, 5.41) is 3.96. The van der Waals surface area contributed by atoms with Crippen LogP contribution in [0.2, 0.25) is 0 Å². The van der Waals surface area contributed by atoms with Gasteiger partial charge in [0.1, 0.15) is 10.5 Å². The third-order valence-electron chi connectivity index (χ3n) is 8.16. The Morgan fingerprint density at radius 3 is 0.817 bits per heavy atom. The number of hydrogen-bond acceptors (Lipinski definition) is 6. The van der Waals surface area contributed by atoms with Crippen molar-refractivity contribution in [1.29, 1.82) is 0 Å². The van der Waals surface area contributed by atoms with E-state index >= 15 is 0 Å². The van der Waals surface area contributed by atoms with E-state index in [1.165, 1.54) is 0 Å². The molecule has 10 heteroatoms. The lowest BCUT2D eigenvalue weighted by Gasteiger charge is -2.17. The van der Waals surface area contributed by atoms with E-state index in [1.807, 2.05) is 24.3 Å². The molecular formula is C50H74N4O4S2. The summed E-state index contributed by atoms with van der Waals surface area (Å²) >= 11 is 0. The van der Waals surface area contributed by atoms with E-state index in [0.29, 0.717) is 12.8 Å². The van der Waals surface area contributed by atoms with Crippen LogP contribution in [0.4, 0.5) is 0 Å². The molecule has 0 saturated heterocycles. The Morgan fingerprint density at radius 1 is 0.383 bits per heavy atom. The predicted octanol–water partition coefficient (Wildman–Crippen LogP) is 11.3. The van der Waals surface area contributed by atoms with Gasteiger partial charge in [-0.1, -0.05) is 181 Å². The van der Waals surface area contributed by atoms with Crippen LogP contribution in [-0.2, 0) is 19.2 Å². The van der Waals surface area contributed by atoms with Crippen LogP contribution in [0, 0.1) is 0 Å². The van der Waals surface area contributed by atoms with Crippen molar-refractivity contribution >= 4 is 45.2 Å². The van der Waals surface area contributed by atoms with E-state index in [9.17, 15) is 19.2 Å². The van der Waals surface area contributed by atoms with Gasteiger partial charge in [-0.3, -0.25) is 19.2 Å². The van der Waals surface area contributed by atoms with Crippen LogP contribution >= 0.6 is 21.6 Å². The molecule has 0 aromatic carbocycles. The van der Waals surface area contributed by atoms with Gasteiger partial charge < -0.3 is 22.1 Å². The van der Waals surface area contributed by atoms with Crippen molar-refractivity contribution in [2.45, 2.75) is 127 Å². The maximum absolute atomic E-state index is 12.4. The smallest absolute Gasteiger partial charge is 0.233 e. The Morgan fingerprint density at radius 2 is 0.600 bits per heavy atom. The summed E-state index contributed by atoms with van der Waals surface area (Å²) in [4.78, 5) is 48.8. The van der Waals surface area contributed by atoms with Gasteiger partial charge in [-0.2, -0.15) is 0 Å². The summed E-state index contributed by atoms with van der Waals surface area (Å²) in [5.41, 5.74) is 11.1. The van der Waals surface area contributed by atoms with Crippen molar-refractivity contribution in [2.75, 3.05) is 13.1 Å². The number of amides is 4. The first-order chi connectivity index (χ1) is 29.3. The van der Waals surface area contributed by atoms with Crippen LogP contribution in [0.15, 0.2) is 146 Å². The van der Waals surface area contributed by atoms with Crippen LogP contribution in [0.1, 0.15) is 117 Å². The Balaban J connectivity index is 4.19. The first-order valence-corrected chi connectivity index (χ1v) is 23.8. The summed E-state index contributed by atoms with van der Waals surface area (Å²) in [6.45, 7) is 4.33. The molecule has 0 fully saturated rings. The fourth-order valence-electron chi connectivity index (χ4n) is 4.80. The van der Waals surface area contributed by atoms with E-state index < -0.39 is 22.3 Å². The van der Waals surface area contributed by atoms with Crippen molar-refractivity contribution in [1.82, 2.24) is 10.6 Å². The molecule has 8 nitrogen and oxygen atoms in total. The molecule has 0 bridgehead atoms. The molecule has 0 aliphatic rings. The highest BCUT2D eigenvalue weighted by Crippen LogP contribution is 2.31. The van der Waals surface area contributed by atoms with E-state index in [4.69, 9.17) is 11.5 Å². The normalized spacial score (nSPS) is 14.0. The molecule has 330 valence electrons. The summed E-state index contributed by atoms with van der Waals surface area (Å²) in [5.74, 6) is -1.63. The monoisotopic (exact) mass is 859 g/mol. The minimum absolute atomic E-state index is 0.0272. The second kappa shape index (κ2) is 44.0. The van der Waals surface area contributed by atoms with Crippen LogP contribution in [0.3, 0.4) is 0 Å². The van der Waals surface area contributed by atoms with Crippen LogP contribution in [-0.4, -0.2) is 47.2 Å². The van der Waals surface area contributed by atoms with Gasteiger partial charge in [0.05, 0.1) is 0 Å². The first-order valence-electron chi connectivity index (χ1n) is 21.6. The van der Waals surface area contributed by atoms with Gasteiger partial charge in [0.2, 0.25) is 23.6 Å². The molecule has 60 heavy (non-hydrogen) atoms. The molecule has 0 spiro atoms. The molecule has 0 aromatic heterocycles. The number of carbonyl (C=O) groups is 4. The largest absolute Gasteiger partial charge is 0.369 e. The molecule has 4 amide bonds. The SMILES string of the molecule is CC/C=C\C/C=C\C/C=C\C/C=C\C/C=C\C/C=C\CCC(=O)NCC(SS[C@H](CNC(=O)CC/C=C\C/C=C\C/C=C\C/C=C\C/C=C\C/C=C\CC)C(N)=O)C(N)=O. The van der Waals surface area contributed by atoms with Crippen molar-refractivity contribution in [2.24, 2.45) is 11.5 Å². The van der Waals surface area contributed by atoms with Gasteiger partial charge in [0.25, 0.3) is 0 Å². The highest BCUT2D eigenvalue weighted by atomic mass is 33.1. The third-order valence-corrected chi connectivity index (χ3v) is 11.3. The summed E-state index contributed by atoms with van der Waals surface area (Å²) in [7, 11) is 2.13. The lowest BCUT2D eigenvalue weighted by Crippen LogP contribution is -2.40. The van der Waals surface area contributed by atoms with E-state index in [-0.39, 0.29) is 37.7 Å². The van der Waals surface area contributed by atoms with Crippen LogP contribution in [0.5, 0.6) is 0 Å². The predicted molar refractivity (Wildman–Crippen MR) is 262 cm³/mol. The third kappa shape index (κ3) is 40.2. The van der Waals surface area contributed by atoms with Gasteiger partial charge in [-0.25, -0.2) is 0 Å². The van der Waals surface area contributed by atoms with Crippen molar-refractivity contribution in [3.05, 3.63) is 146 Å². The average Bonchev–Trinajstić information content (AvgIpc) is 3.23. The quantitative estimate of drug-likeness (QED) is 0.0362. The number of primary amides is 2. The zero-order valence-electron chi connectivity index (χ0n) is 36.3. The van der Waals surface area contributed by atoms with Crippen molar-refractivity contribution in [3.8, 4) is 0 Å². The van der Waals surface area contributed by atoms with Gasteiger partial charge in [-0.15, -0.1) is 0 Å². The zero-order valence-corrected chi connectivity index (χ0v) is 38.0. The Bertz CT molecular complexity index is 1400.